The van der Waals surface area contributed by atoms with Crippen LogP contribution in [0.4, 0.5) is 5.82 Å². The number of halogens is 1. The van der Waals surface area contributed by atoms with Gasteiger partial charge in [-0.15, -0.1) is 0 Å². The van der Waals surface area contributed by atoms with Crippen molar-refractivity contribution in [1.82, 2.24) is 20.1 Å². The summed E-state index contributed by atoms with van der Waals surface area (Å²) in [6.45, 7) is 10.5. The molecule has 2 atom stereocenters. The number of nitrogens with zero attached hydrogens (tertiary/aromatic N) is 5. The van der Waals surface area contributed by atoms with Gasteiger partial charge < -0.3 is 28.7 Å². The molecule has 2 aliphatic rings. The topological polar surface area (TPSA) is 116 Å². The Morgan fingerprint density at radius 1 is 1.12 bits per heavy atom. The third kappa shape index (κ3) is 6.18. The molecule has 3 aromatic heterocycles. The smallest absolute Gasteiger partial charge is 0.213 e. The molecular formula is C32H36ClN5O5. The van der Waals surface area contributed by atoms with E-state index < -0.39 is 6.10 Å². The highest BCUT2D eigenvalue weighted by Crippen LogP contribution is 2.39. The Morgan fingerprint density at radius 2 is 1.98 bits per heavy atom. The molecule has 6 rings (SSSR count). The molecular weight excluding hydrogens is 570 g/mol. The molecule has 0 spiro atoms. The zero-order valence-corrected chi connectivity index (χ0v) is 25.6. The van der Waals surface area contributed by atoms with Crippen LogP contribution in [0.3, 0.4) is 0 Å². The van der Waals surface area contributed by atoms with Gasteiger partial charge in [-0.2, -0.15) is 0 Å². The highest BCUT2D eigenvalue weighted by atomic mass is 35.5. The molecule has 2 aliphatic heterocycles. The van der Waals surface area contributed by atoms with E-state index >= 15 is 0 Å². The second-order valence-corrected chi connectivity index (χ2v) is 11.6. The maximum Gasteiger partial charge on any atom is 0.213 e. The average molecular weight is 606 g/mol. The Balaban J connectivity index is 1.37. The molecule has 11 heteroatoms. The number of aromatic nitrogens is 4. The first-order valence-corrected chi connectivity index (χ1v) is 15.1. The van der Waals surface area contributed by atoms with Crippen molar-refractivity contribution in [2.24, 2.45) is 0 Å². The predicted molar refractivity (Wildman–Crippen MR) is 163 cm³/mol. The van der Waals surface area contributed by atoms with Crippen LogP contribution in [0.5, 0.6) is 11.6 Å². The first-order valence-electron chi connectivity index (χ1n) is 14.7. The van der Waals surface area contributed by atoms with Gasteiger partial charge in [-0.05, 0) is 57.0 Å². The number of pyridine rings is 1. The predicted octanol–water partition coefficient (Wildman–Crippen LogP) is 6.00. The van der Waals surface area contributed by atoms with Crippen LogP contribution in [0.15, 0.2) is 34.9 Å². The monoisotopic (exact) mass is 605 g/mol. The van der Waals surface area contributed by atoms with Crippen molar-refractivity contribution in [2.45, 2.75) is 72.3 Å². The van der Waals surface area contributed by atoms with Crippen LogP contribution in [-0.2, 0) is 17.8 Å². The maximum atomic E-state index is 10.2. The number of fused-ring (bicyclic) bond motifs is 1. The minimum atomic E-state index is -0.541. The summed E-state index contributed by atoms with van der Waals surface area (Å²) in [6, 6.07) is 9.38. The summed E-state index contributed by atoms with van der Waals surface area (Å²) in [5.74, 6) is 3.09. The van der Waals surface area contributed by atoms with Crippen LogP contribution < -0.4 is 14.4 Å². The molecule has 5 heterocycles. The zero-order chi connectivity index (χ0) is 30.1. The molecule has 0 bridgehead atoms. The van der Waals surface area contributed by atoms with Crippen molar-refractivity contribution < 1.29 is 23.8 Å². The Hall–Kier alpha value is -3.73. The molecule has 226 valence electrons. The van der Waals surface area contributed by atoms with Gasteiger partial charge >= 0.3 is 0 Å². The van der Waals surface area contributed by atoms with Crippen molar-refractivity contribution in [3.05, 3.63) is 63.6 Å². The SMILES string of the molecule is CCC[C@@H](O)COc1ccc(Cl)c(-c2nc(-c3c(C)noc3C)c(C)c(N3Cc4ccc(O[C@@H]5CCOC5)nc4C3)n2)c1. The average Bonchev–Trinajstić information content (AvgIpc) is 3.73. The Labute approximate surface area is 256 Å². The highest BCUT2D eigenvalue weighted by Gasteiger charge is 2.28. The number of aliphatic hydroxyl groups is 1. The molecule has 1 N–H and O–H groups in total. The van der Waals surface area contributed by atoms with Gasteiger partial charge in [-0.1, -0.05) is 30.1 Å². The van der Waals surface area contributed by atoms with E-state index in [1.165, 1.54) is 0 Å². The van der Waals surface area contributed by atoms with E-state index in [1.807, 2.05) is 39.8 Å². The first kappa shape index (κ1) is 29.3. The second-order valence-electron chi connectivity index (χ2n) is 11.2. The Morgan fingerprint density at radius 3 is 2.72 bits per heavy atom. The molecule has 43 heavy (non-hydrogen) atoms. The molecule has 0 amide bonds. The maximum absolute atomic E-state index is 10.2. The number of hydrogen-bond acceptors (Lipinski definition) is 10. The molecule has 1 fully saturated rings. The van der Waals surface area contributed by atoms with Gasteiger partial charge in [0.2, 0.25) is 5.88 Å². The van der Waals surface area contributed by atoms with Gasteiger partial charge in [0.25, 0.3) is 0 Å². The summed E-state index contributed by atoms with van der Waals surface area (Å²) in [4.78, 5) is 17.1. The fraction of sp³-hybridized carbons (Fsp3) is 0.438. The van der Waals surface area contributed by atoms with Crippen molar-refractivity contribution >= 4 is 17.4 Å². The van der Waals surface area contributed by atoms with E-state index in [4.69, 9.17) is 45.3 Å². The van der Waals surface area contributed by atoms with Gasteiger partial charge in [0.1, 0.15) is 30.0 Å². The number of aryl methyl sites for hydroxylation is 2. The largest absolute Gasteiger partial charge is 0.491 e. The summed E-state index contributed by atoms with van der Waals surface area (Å²) in [7, 11) is 0. The number of benzene rings is 1. The van der Waals surface area contributed by atoms with Crippen molar-refractivity contribution in [1.29, 1.82) is 0 Å². The normalized spacial score (nSPS) is 16.9. The Bertz CT molecular complexity index is 1600. The summed E-state index contributed by atoms with van der Waals surface area (Å²) in [5, 5.41) is 14.9. The summed E-state index contributed by atoms with van der Waals surface area (Å²) in [5.41, 5.74) is 5.90. The fourth-order valence-corrected chi connectivity index (χ4v) is 5.80. The van der Waals surface area contributed by atoms with E-state index in [1.54, 1.807) is 12.1 Å². The number of hydrogen-bond donors (Lipinski definition) is 1. The van der Waals surface area contributed by atoms with Gasteiger partial charge in [-0.25, -0.2) is 15.0 Å². The quantitative estimate of drug-likeness (QED) is 0.231. The highest BCUT2D eigenvalue weighted by molar-refractivity contribution is 6.33. The van der Waals surface area contributed by atoms with Crippen molar-refractivity contribution in [3.8, 4) is 34.3 Å². The van der Waals surface area contributed by atoms with Crippen molar-refractivity contribution in [2.75, 3.05) is 24.7 Å². The summed E-state index contributed by atoms with van der Waals surface area (Å²) in [6.07, 6.45) is 1.90. The van der Waals surface area contributed by atoms with Crippen LogP contribution >= 0.6 is 11.6 Å². The number of ether oxygens (including phenoxy) is 3. The molecule has 4 aromatic rings. The van der Waals surface area contributed by atoms with E-state index in [2.05, 4.69) is 16.1 Å². The third-order valence-electron chi connectivity index (χ3n) is 7.85. The van der Waals surface area contributed by atoms with Crippen LogP contribution in [0.2, 0.25) is 5.02 Å². The van der Waals surface area contributed by atoms with E-state index in [0.717, 1.165) is 52.4 Å². The summed E-state index contributed by atoms with van der Waals surface area (Å²) >= 11 is 6.73. The van der Waals surface area contributed by atoms with Crippen LogP contribution in [0.1, 0.15) is 54.5 Å². The molecule has 0 unspecified atom stereocenters. The zero-order valence-electron chi connectivity index (χ0n) is 24.9. The van der Waals surface area contributed by atoms with E-state index in [-0.39, 0.29) is 12.7 Å². The Kier molecular flexibility index (Phi) is 8.52. The van der Waals surface area contributed by atoms with Gasteiger partial charge in [-0.3, -0.25) is 0 Å². The molecule has 0 radical (unpaired) electrons. The lowest BCUT2D eigenvalue weighted by atomic mass is 10.0. The van der Waals surface area contributed by atoms with Crippen LogP contribution in [0.25, 0.3) is 22.6 Å². The fourth-order valence-electron chi connectivity index (χ4n) is 5.60. The number of aliphatic hydroxyl groups excluding tert-OH is 1. The number of rotatable bonds is 10. The van der Waals surface area contributed by atoms with Crippen LogP contribution in [0, 0.1) is 20.8 Å². The first-order chi connectivity index (χ1) is 20.8. The molecule has 1 aromatic carbocycles. The number of anilines is 1. The van der Waals surface area contributed by atoms with Gasteiger partial charge in [0, 0.05) is 30.2 Å². The second kappa shape index (κ2) is 12.5. The lowest BCUT2D eigenvalue weighted by Crippen LogP contribution is -2.19. The van der Waals surface area contributed by atoms with Gasteiger partial charge in [0.15, 0.2) is 5.82 Å². The molecule has 10 nitrogen and oxygen atoms in total. The van der Waals surface area contributed by atoms with E-state index in [0.29, 0.717) is 66.5 Å². The standard InChI is InChI=1S/C32H36ClN5O5/c1-5-6-22(39)16-41-23-8-9-26(33)25(13-23)31-35-30(29-19(3)37-43-20(29)4)18(2)32(36-31)38-14-21-7-10-28(34-27(21)15-38)42-24-11-12-40-17-24/h7-10,13,22,24,39H,5-6,11-12,14-17H2,1-4H3/t22-,24-/m1/s1. The summed E-state index contributed by atoms with van der Waals surface area (Å²) < 4.78 is 23.0. The van der Waals surface area contributed by atoms with Gasteiger partial charge in [0.05, 0.1) is 53.5 Å². The van der Waals surface area contributed by atoms with Crippen LogP contribution in [-0.4, -0.2) is 57.2 Å². The lowest BCUT2D eigenvalue weighted by Gasteiger charge is -2.22. The van der Waals surface area contributed by atoms with E-state index in [9.17, 15) is 5.11 Å². The third-order valence-corrected chi connectivity index (χ3v) is 8.18. The molecule has 1 saturated heterocycles. The molecule has 0 aliphatic carbocycles. The van der Waals surface area contributed by atoms with Crippen molar-refractivity contribution in [3.63, 3.8) is 0 Å². The minimum absolute atomic E-state index is 0.0340. The molecule has 0 saturated carbocycles. The minimum Gasteiger partial charge on any atom is -0.491 e. The lowest BCUT2D eigenvalue weighted by molar-refractivity contribution is 0.0994.